The molecule has 2 aliphatic carbocycles. The number of carbonyl (C=O) groups excluding carboxylic acids is 2. The molecule has 1 fully saturated rings. The number of para-hydroxylation sites is 1. The number of carbonyl (C=O) groups is 2. The fraction of sp³-hybridized carbons (Fsp3) is 0.259. The van der Waals surface area contributed by atoms with Crippen molar-refractivity contribution in [3.8, 4) is 17.2 Å². The van der Waals surface area contributed by atoms with Crippen LogP contribution in [-0.2, 0) is 16.1 Å². The minimum atomic E-state index is -2.27. The molecule has 0 saturated heterocycles. The fourth-order valence-corrected chi connectivity index (χ4v) is 7.59. The number of hydrogen-bond donors (Lipinski definition) is 1. The van der Waals surface area contributed by atoms with Gasteiger partial charge in [-0.05, 0) is 29.8 Å². The van der Waals surface area contributed by atoms with Crippen LogP contribution >= 0.6 is 46.4 Å². The number of phenols is 1. The Labute approximate surface area is 246 Å². The first-order valence-electron chi connectivity index (χ1n) is 12.1. The molecule has 6 rings (SSSR count). The van der Waals surface area contributed by atoms with Gasteiger partial charge in [0, 0.05) is 17.9 Å². The summed E-state index contributed by atoms with van der Waals surface area (Å²) >= 11 is 26.7. The lowest BCUT2D eigenvalue weighted by molar-refractivity contribution is -0.128. The minimum Gasteiger partial charge on any atom is -0.508 e. The number of phenolic OH excluding ortho intramolecular Hbond substituents is 1. The zero-order chi connectivity index (χ0) is 28.7. The number of allylic oxidation sites excluding steroid dienone is 4. The Morgan fingerprint density at radius 2 is 1.60 bits per heavy atom. The SMILES string of the molecule is COc1cccc(O)c1C1C2=CCn3c(=O)n(-c4ccccc4)c(=O)n3C2CC2(Cl)C(=O)C(Cl)=C(Cl)C(=O)C12Cl. The number of ether oxygens (including phenoxy) is 1. The van der Waals surface area contributed by atoms with Crippen LogP contribution in [0, 0.1) is 0 Å². The fourth-order valence-electron chi connectivity index (χ4n) is 6.09. The highest BCUT2D eigenvalue weighted by Crippen LogP contribution is 2.65. The van der Waals surface area contributed by atoms with Gasteiger partial charge in [0.2, 0.25) is 0 Å². The molecule has 1 aliphatic heterocycles. The van der Waals surface area contributed by atoms with Gasteiger partial charge in [0.05, 0.1) is 25.4 Å². The second kappa shape index (κ2) is 9.14. The van der Waals surface area contributed by atoms with Crippen LogP contribution in [0.5, 0.6) is 11.5 Å². The Morgan fingerprint density at radius 1 is 0.925 bits per heavy atom. The maximum absolute atomic E-state index is 13.8. The highest BCUT2D eigenvalue weighted by molar-refractivity contribution is 6.66. The van der Waals surface area contributed by atoms with Crippen molar-refractivity contribution in [2.75, 3.05) is 7.11 Å². The molecule has 0 bridgehead atoms. The van der Waals surface area contributed by atoms with Gasteiger partial charge in [-0.3, -0.25) is 9.59 Å². The first-order chi connectivity index (χ1) is 19.0. The van der Waals surface area contributed by atoms with Crippen LogP contribution < -0.4 is 16.1 Å². The van der Waals surface area contributed by atoms with Crippen LogP contribution in [0.1, 0.15) is 23.9 Å². The molecule has 1 N–H and O–H groups in total. The number of aromatic hydroxyl groups is 1. The Bertz CT molecular complexity index is 1810. The predicted octanol–water partition coefficient (Wildman–Crippen LogP) is 3.98. The predicted molar refractivity (Wildman–Crippen MR) is 149 cm³/mol. The van der Waals surface area contributed by atoms with E-state index in [0.29, 0.717) is 11.3 Å². The lowest BCUT2D eigenvalue weighted by Crippen LogP contribution is -2.67. The molecule has 4 unspecified atom stereocenters. The van der Waals surface area contributed by atoms with Crippen molar-refractivity contribution in [2.24, 2.45) is 0 Å². The molecule has 9 nitrogen and oxygen atoms in total. The van der Waals surface area contributed by atoms with E-state index in [2.05, 4.69) is 0 Å². The maximum atomic E-state index is 13.8. The molecule has 0 spiro atoms. The molecule has 40 heavy (non-hydrogen) atoms. The molecule has 1 saturated carbocycles. The molecule has 1 aromatic heterocycles. The molecule has 2 aromatic carbocycles. The normalized spacial score (nSPS) is 27.6. The number of methoxy groups -OCH3 is 1. The van der Waals surface area contributed by atoms with Crippen molar-refractivity contribution in [3.63, 3.8) is 0 Å². The molecule has 0 radical (unpaired) electrons. The van der Waals surface area contributed by atoms with Crippen molar-refractivity contribution in [1.29, 1.82) is 0 Å². The summed E-state index contributed by atoms with van der Waals surface area (Å²) in [5.74, 6) is -3.28. The molecular formula is C27H19Cl4N3O6. The van der Waals surface area contributed by atoms with Crippen molar-refractivity contribution >= 4 is 58.0 Å². The van der Waals surface area contributed by atoms with E-state index in [4.69, 9.17) is 51.1 Å². The first kappa shape index (κ1) is 27.0. The van der Waals surface area contributed by atoms with Crippen molar-refractivity contribution in [1.82, 2.24) is 13.9 Å². The number of hydrogen-bond acceptors (Lipinski definition) is 6. The van der Waals surface area contributed by atoms with Crippen LogP contribution in [0.15, 0.2) is 79.8 Å². The maximum Gasteiger partial charge on any atom is 0.352 e. The number of rotatable bonds is 3. The largest absolute Gasteiger partial charge is 0.508 e. The van der Waals surface area contributed by atoms with Gasteiger partial charge in [-0.15, -0.1) is 23.2 Å². The number of halogens is 4. The second-order valence-corrected chi connectivity index (χ2v) is 11.7. The number of benzene rings is 2. The number of fused-ring (bicyclic) bond motifs is 4. The lowest BCUT2D eigenvalue weighted by Gasteiger charge is -2.54. The van der Waals surface area contributed by atoms with Gasteiger partial charge in [-0.2, -0.15) is 0 Å². The third-order valence-corrected chi connectivity index (χ3v) is 10.1. The third kappa shape index (κ3) is 3.29. The monoisotopic (exact) mass is 621 g/mol. The van der Waals surface area contributed by atoms with E-state index in [9.17, 15) is 24.3 Å². The van der Waals surface area contributed by atoms with Gasteiger partial charge in [0.1, 0.15) is 31.3 Å². The highest BCUT2D eigenvalue weighted by atomic mass is 35.5. The molecule has 3 aromatic rings. The van der Waals surface area contributed by atoms with Gasteiger partial charge in [0.15, 0.2) is 11.6 Å². The summed E-state index contributed by atoms with van der Waals surface area (Å²) in [6, 6.07) is 11.8. The summed E-state index contributed by atoms with van der Waals surface area (Å²) in [4.78, 5) is 50.3. The second-order valence-electron chi connectivity index (χ2n) is 9.71. The minimum absolute atomic E-state index is 0.0657. The third-order valence-electron chi connectivity index (χ3n) is 7.87. The van der Waals surface area contributed by atoms with Crippen LogP contribution in [0.3, 0.4) is 0 Å². The standard InChI is InChI=1S/C27H19Cl4N3O6/c1-40-17-9-5-8-16(35)18(17)19-14-10-11-32-24(38)33(13-6-3-2-4-7-13)25(39)34(32)15(14)12-26(30)22(36)20(28)21(29)23(37)27(19,26)31/h2-10,15,19,35H,11-12H2,1H3. The average Bonchev–Trinajstić information content (AvgIpc) is 3.21. The first-order valence-corrected chi connectivity index (χ1v) is 13.6. The lowest BCUT2D eigenvalue weighted by atomic mass is 9.59. The average molecular weight is 623 g/mol. The molecule has 2 heterocycles. The van der Waals surface area contributed by atoms with Crippen molar-refractivity contribution in [3.05, 3.63) is 96.8 Å². The summed E-state index contributed by atoms with van der Waals surface area (Å²) in [6.07, 6.45) is 1.27. The van der Waals surface area contributed by atoms with Crippen molar-refractivity contribution < 1.29 is 19.4 Å². The molecule has 0 amide bonds. The Kier molecular flexibility index (Phi) is 6.16. The van der Waals surface area contributed by atoms with Gasteiger partial charge >= 0.3 is 11.4 Å². The van der Waals surface area contributed by atoms with E-state index in [0.717, 1.165) is 4.57 Å². The number of aromatic nitrogens is 3. The molecular weight excluding hydrogens is 604 g/mol. The summed E-state index contributed by atoms with van der Waals surface area (Å²) in [5.41, 5.74) is -0.511. The summed E-state index contributed by atoms with van der Waals surface area (Å²) in [6.45, 7) is -0.0686. The number of nitrogens with zero attached hydrogens (tertiary/aromatic N) is 3. The quantitative estimate of drug-likeness (QED) is 0.349. The summed E-state index contributed by atoms with van der Waals surface area (Å²) in [5, 5.41) is 9.89. The number of Topliss-reactive ketones (excluding diaryl/α,β-unsaturated/α-hetero) is 2. The van der Waals surface area contributed by atoms with Crippen LogP contribution in [0.25, 0.3) is 5.69 Å². The smallest absolute Gasteiger partial charge is 0.352 e. The number of ketones is 2. The van der Waals surface area contributed by atoms with E-state index < -0.39 is 54.7 Å². The van der Waals surface area contributed by atoms with E-state index in [1.165, 1.54) is 28.6 Å². The Morgan fingerprint density at radius 3 is 2.27 bits per heavy atom. The zero-order valence-corrected chi connectivity index (χ0v) is 23.6. The van der Waals surface area contributed by atoms with Gasteiger partial charge in [-0.25, -0.2) is 23.5 Å². The van der Waals surface area contributed by atoms with Crippen LogP contribution in [0.2, 0.25) is 0 Å². The van der Waals surface area contributed by atoms with Crippen LogP contribution in [-0.4, -0.2) is 47.5 Å². The van der Waals surface area contributed by atoms with E-state index in [1.54, 1.807) is 42.5 Å². The number of alkyl halides is 2. The Balaban J connectivity index is 1.68. The van der Waals surface area contributed by atoms with Crippen molar-refractivity contribution in [2.45, 2.75) is 34.7 Å². The van der Waals surface area contributed by atoms with E-state index in [1.807, 2.05) is 0 Å². The van der Waals surface area contributed by atoms with Gasteiger partial charge in [-0.1, -0.05) is 53.5 Å². The van der Waals surface area contributed by atoms with E-state index >= 15 is 0 Å². The zero-order valence-electron chi connectivity index (χ0n) is 20.6. The molecule has 4 atom stereocenters. The summed E-state index contributed by atoms with van der Waals surface area (Å²) < 4.78 is 8.95. The van der Waals surface area contributed by atoms with Gasteiger partial charge < -0.3 is 9.84 Å². The molecule has 3 aliphatic rings. The van der Waals surface area contributed by atoms with Gasteiger partial charge in [0.25, 0.3) is 0 Å². The summed E-state index contributed by atoms with van der Waals surface area (Å²) in [7, 11) is 1.36. The van der Waals surface area contributed by atoms with Crippen LogP contribution in [0.4, 0.5) is 0 Å². The Hall–Kier alpha value is -3.24. The molecule has 13 heteroatoms. The highest BCUT2D eigenvalue weighted by Gasteiger charge is 2.72. The van der Waals surface area contributed by atoms with E-state index in [-0.39, 0.29) is 30.0 Å². The topological polar surface area (TPSA) is 113 Å². The molecule has 206 valence electrons.